The summed E-state index contributed by atoms with van der Waals surface area (Å²) >= 11 is 0. The van der Waals surface area contributed by atoms with E-state index in [1.807, 2.05) is 13.8 Å². The fourth-order valence-corrected chi connectivity index (χ4v) is 2.84. The monoisotopic (exact) mass is 367 g/mol. The average molecular weight is 367 g/mol. The maximum Gasteiger partial charge on any atom is 0.266 e. The van der Waals surface area contributed by atoms with Crippen LogP contribution in [0.25, 0.3) is 11.0 Å². The standard InChI is InChI=1S/C19H21N5O3/c1-3-23-12-15(17(26)14-8-7-13(2)22-18(14)23)19(27)20-9-5-11-24-16(25)6-4-10-21-24/h4,6-8,10,12H,3,5,9,11H2,1-2H3,(H,20,27). The summed E-state index contributed by atoms with van der Waals surface area (Å²) < 4.78 is 3.13. The highest BCUT2D eigenvalue weighted by molar-refractivity contribution is 5.96. The molecule has 0 radical (unpaired) electrons. The maximum absolute atomic E-state index is 12.7. The summed E-state index contributed by atoms with van der Waals surface area (Å²) in [7, 11) is 0. The lowest BCUT2D eigenvalue weighted by molar-refractivity contribution is 0.0951. The van der Waals surface area contributed by atoms with Gasteiger partial charge in [-0.2, -0.15) is 5.10 Å². The van der Waals surface area contributed by atoms with E-state index in [1.165, 1.54) is 16.9 Å². The molecule has 0 unspecified atom stereocenters. The Labute approximate surface area is 155 Å². The Hall–Kier alpha value is -3.29. The van der Waals surface area contributed by atoms with E-state index in [2.05, 4.69) is 15.4 Å². The highest BCUT2D eigenvalue weighted by Gasteiger charge is 2.15. The summed E-state index contributed by atoms with van der Waals surface area (Å²) in [4.78, 5) is 41.2. The number of aromatic nitrogens is 4. The van der Waals surface area contributed by atoms with Crippen molar-refractivity contribution < 1.29 is 4.79 Å². The molecule has 0 atom stereocenters. The van der Waals surface area contributed by atoms with Crippen LogP contribution in [0.5, 0.6) is 0 Å². The van der Waals surface area contributed by atoms with Crippen molar-refractivity contribution in [2.24, 2.45) is 0 Å². The van der Waals surface area contributed by atoms with Gasteiger partial charge in [0.25, 0.3) is 11.5 Å². The molecule has 3 rings (SSSR count). The number of fused-ring (bicyclic) bond motifs is 1. The van der Waals surface area contributed by atoms with E-state index in [1.54, 1.807) is 29.0 Å². The number of hydrogen-bond donors (Lipinski definition) is 1. The van der Waals surface area contributed by atoms with Crippen LogP contribution in [-0.2, 0) is 13.1 Å². The van der Waals surface area contributed by atoms with E-state index in [-0.39, 0.29) is 16.6 Å². The molecule has 140 valence electrons. The first-order valence-corrected chi connectivity index (χ1v) is 8.82. The number of rotatable bonds is 6. The van der Waals surface area contributed by atoms with Crippen LogP contribution in [0.2, 0.25) is 0 Å². The second-order valence-corrected chi connectivity index (χ2v) is 6.18. The molecule has 0 saturated heterocycles. The highest BCUT2D eigenvalue weighted by Crippen LogP contribution is 2.11. The van der Waals surface area contributed by atoms with Gasteiger partial charge in [-0.05, 0) is 38.5 Å². The third-order valence-corrected chi connectivity index (χ3v) is 4.26. The fourth-order valence-electron chi connectivity index (χ4n) is 2.84. The van der Waals surface area contributed by atoms with Crippen LogP contribution in [-0.4, -0.2) is 31.8 Å². The molecule has 3 aromatic heterocycles. The van der Waals surface area contributed by atoms with Gasteiger partial charge in [0, 0.05) is 43.8 Å². The summed E-state index contributed by atoms with van der Waals surface area (Å²) in [6.07, 6.45) is 3.62. The van der Waals surface area contributed by atoms with Crippen molar-refractivity contribution in [3.8, 4) is 0 Å². The number of amides is 1. The molecule has 0 bridgehead atoms. The van der Waals surface area contributed by atoms with Crippen molar-refractivity contribution in [3.05, 3.63) is 68.5 Å². The summed E-state index contributed by atoms with van der Waals surface area (Å²) in [6, 6.07) is 6.48. The van der Waals surface area contributed by atoms with Crippen molar-refractivity contribution in [3.63, 3.8) is 0 Å². The summed E-state index contributed by atoms with van der Waals surface area (Å²) in [5.74, 6) is -0.432. The number of hydrogen-bond acceptors (Lipinski definition) is 5. The van der Waals surface area contributed by atoms with Crippen molar-refractivity contribution in [1.82, 2.24) is 24.6 Å². The molecule has 0 aliphatic carbocycles. The Balaban J connectivity index is 1.75. The number of nitrogens with one attached hydrogen (secondary N) is 1. The van der Waals surface area contributed by atoms with E-state index in [4.69, 9.17) is 0 Å². The molecule has 27 heavy (non-hydrogen) atoms. The lowest BCUT2D eigenvalue weighted by atomic mass is 10.1. The quantitative estimate of drug-likeness (QED) is 0.658. The molecule has 0 spiro atoms. The molecule has 3 aromatic rings. The summed E-state index contributed by atoms with van der Waals surface area (Å²) in [5, 5.41) is 7.13. The lowest BCUT2D eigenvalue weighted by Crippen LogP contribution is -2.32. The molecule has 8 nitrogen and oxygen atoms in total. The third-order valence-electron chi connectivity index (χ3n) is 4.26. The van der Waals surface area contributed by atoms with Gasteiger partial charge in [-0.3, -0.25) is 14.4 Å². The number of aryl methyl sites for hydroxylation is 3. The van der Waals surface area contributed by atoms with Crippen LogP contribution in [0.4, 0.5) is 0 Å². The minimum atomic E-state index is -0.432. The Bertz CT molecular complexity index is 1100. The van der Waals surface area contributed by atoms with Gasteiger partial charge in [0.2, 0.25) is 5.43 Å². The minimum absolute atomic E-state index is 0.0880. The minimum Gasteiger partial charge on any atom is -0.352 e. The first-order valence-electron chi connectivity index (χ1n) is 8.82. The molecule has 3 heterocycles. The molecule has 1 N–H and O–H groups in total. The van der Waals surface area contributed by atoms with Crippen LogP contribution in [0.15, 0.2) is 46.2 Å². The highest BCUT2D eigenvalue weighted by atomic mass is 16.2. The molecule has 1 amide bonds. The molecular formula is C19H21N5O3. The zero-order valence-corrected chi connectivity index (χ0v) is 15.3. The number of carbonyl (C=O) groups excluding carboxylic acids is 1. The SMILES string of the molecule is CCn1cc(C(=O)NCCCn2ncccc2=O)c(=O)c2ccc(C)nc21. The summed E-state index contributed by atoms with van der Waals surface area (Å²) in [5.41, 5.74) is 0.956. The average Bonchev–Trinajstić information content (AvgIpc) is 2.66. The number of nitrogens with zero attached hydrogens (tertiary/aromatic N) is 4. The predicted molar refractivity (Wildman–Crippen MR) is 102 cm³/mol. The molecule has 8 heteroatoms. The van der Waals surface area contributed by atoms with Crippen molar-refractivity contribution >= 4 is 16.9 Å². The second kappa shape index (κ2) is 7.94. The normalized spacial score (nSPS) is 10.9. The van der Waals surface area contributed by atoms with Crippen LogP contribution in [0, 0.1) is 6.92 Å². The molecule has 0 aliphatic heterocycles. The van der Waals surface area contributed by atoms with E-state index >= 15 is 0 Å². The molecule has 0 saturated carbocycles. The van der Waals surface area contributed by atoms with Crippen LogP contribution in [0.1, 0.15) is 29.4 Å². The maximum atomic E-state index is 12.7. The van der Waals surface area contributed by atoms with Crippen LogP contribution >= 0.6 is 0 Å². The van der Waals surface area contributed by atoms with E-state index in [0.717, 1.165) is 5.69 Å². The Morgan fingerprint density at radius 1 is 1.22 bits per heavy atom. The van der Waals surface area contributed by atoms with E-state index < -0.39 is 5.91 Å². The van der Waals surface area contributed by atoms with Gasteiger partial charge in [-0.1, -0.05) is 0 Å². The lowest BCUT2D eigenvalue weighted by Gasteiger charge is -2.11. The van der Waals surface area contributed by atoms with Crippen molar-refractivity contribution in [2.45, 2.75) is 33.4 Å². The number of pyridine rings is 2. The smallest absolute Gasteiger partial charge is 0.266 e. The number of carbonyl (C=O) groups is 1. The first kappa shape index (κ1) is 18.5. The van der Waals surface area contributed by atoms with E-state index in [0.29, 0.717) is 37.1 Å². The Morgan fingerprint density at radius 3 is 2.78 bits per heavy atom. The van der Waals surface area contributed by atoms with Crippen LogP contribution in [0.3, 0.4) is 0 Å². The van der Waals surface area contributed by atoms with Crippen LogP contribution < -0.4 is 16.3 Å². The fraction of sp³-hybridized carbons (Fsp3) is 0.316. The molecular weight excluding hydrogens is 346 g/mol. The summed E-state index contributed by atoms with van der Waals surface area (Å²) in [6.45, 7) is 5.10. The van der Waals surface area contributed by atoms with Crippen molar-refractivity contribution in [2.75, 3.05) is 6.54 Å². The molecule has 0 aromatic carbocycles. The van der Waals surface area contributed by atoms with Gasteiger partial charge in [0.1, 0.15) is 11.2 Å². The van der Waals surface area contributed by atoms with Gasteiger partial charge in [-0.15, -0.1) is 0 Å². The van der Waals surface area contributed by atoms with Gasteiger partial charge < -0.3 is 9.88 Å². The Kier molecular flexibility index (Phi) is 5.44. The molecule has 0 aliphatic rings. The first-order chi connectivity index (χ1) is 13.0. The zero-order valence-electron chi connectivity index (χ0n) is 15.3. The van der Waals surface area contributed by atoms with Gasteiger partial charge in [0.15, 0.2) is 0 Å². The third kappa shape index (κ3) is 3.94. The van der Waals surface area contributed by atoms with Gasteiger partial charge >= 0.3 is 0 Å². The van der Waals surface area contributed by atoms with Crippen molar-refractivity contribution in [1.29, 1.82) is 0 Å². The molecule has 0 fully saturated rings. The Morgan fingerprint density at radius 2 is 2.04 bits per heavy atom. The topological polar surface area (TPSA) is 98.9 Å². The predicted octanol–water partition coefficient (Wildman–Crippen LogP) is 1.10. The van der Waals surface area contributed by atoms with Gasteiger partial charge in [0.05, 0.1) is 5.39 Å². The zero-order chi connectivity index (χ0) is 19.4. The second-order valence-electron chi connectivity index (χ2n) is 6.18. The largest absolute Gasteiger partial charge is 0.352 e. The van der Waals surface area contributed by atoms with Gasteiger partial charge in [-0.25, -0.2) is 9.67 Å². The van der Waals surface area contributed by atoms with E-state index in [9.17, 15) is 14.4 Å².